The van der Waals surface area contributed by atoms with Crippen molar-refractivity contribution < 1.29 is 4.79 Å². The molecule has 104 valence electrons. The van der Waals surface area contributed by atoms with Crippen molar-refractivity contribution in [1.82, 2.24) is 9.88 Å². The van der Waals surface area contributed by atoms with Gasteiger partial charge in [-0.05, 0) is 43.7 Å². The molecule has 0 spiro atoms. The van der Waals surface area contributed by atoms with Crippen LogP contribution in [0.15, 0.2) is 12.1 Å². The topological polar surface area (TPSA) is 33.2 Å². The van der Waals surface area contributed by atoms with Gasteiger partial charge in [-0.15, -0.1) is 0 Å². The van der Waals surface area contributed by atoms with E-state index >= 15 is 0 Å². The zero-order valence-corrected chi connectivity index (χ0v) is 12.6. The van der Waals surface area contributed by atoms with Gasteiger partial charge < -0.3 is 4.90 Å². The Morgan fingerprint density at radius 3 is 2.68 bits per heavy atom. The number of hydrogen-bond acceptors (Lipinski definition) is 2. The third-order valence-electron chi connectivity index (χ3n) is 3.50. The van der Waals surface area contributed by atoms with Crippen molar-refractivity contribution in [3.8, 4) is 0 Å². The summed E-state index contributed by atoms with van der Waals surface area (Å²) in [5.74, 6) is 1.04. The number of amides is 1. The predicted molar refractivity (Wildman–Crippen MR) is 77.6 cm³/mol. The summed E-state index contributed by atoms with van der Waals surface area (Å²) in [7, 11) is 0. The Morgan fingerprint density at radius 2 is 2.16 bits per heavy atom. The molecule has 0 saturated heterocycles. The lowest BCUT2D eigenvalue weighted by molar-refractivity contribution is 0.0756. The molecule has 19 heavy (non-hydrogen) atoms. The van der Waals surface area contributed by atoms with Crippen molar-refractivity contribution in [3.05, 3.63) is 28.5 Å². The third kappa shape index (κ3) is 3.69. The number of halogens is 1. The van der Waals surface area contributed by atoms with Crippen LogP contribution in [-0.2, 0) is 0 Å². The van der Waals surface area contributed by atoms with Gasteiger partial charge in [-0.25, -0.2) is 4.98 Å². The first-order chi connectivity index (χ1) is 9.01. The van der Waals surface area contributed by atoms with E-state index in [1.165, 1.54) is 12.8 Å². The Balaban J connectivity index is 2.20. The molecule has 0 aromatic carbocycles. The van der Waals surface area contributed by atoms with Crippen LogP contribution in [0.2, 0.25) is 5.15 Å². The van der Waals surface area contributed by atoms with Crippen LogP contribution in [0.4, 0.5) is 0 Å². The lowest BCUT2D eigenvalue weighted by Crippen LogP contribution is -2.32. The van der Waals surface area contributed by atoms with Crippen LogP contribution in [0.5, 0.6) is 0 Å². The lowest BCUT2D eigenvalue weighted by Gasteiger charge is -2.21. The molecule has 0 N–H and O–H groups in total. The fourth-order valence-electron chi connectivity index (χ4n) is 2.09. The van der Waals surface area contributed by atoms with Gasteiger partial charge in [0.15, 0.2) is 0 Å². The van der Waals surface area contributed by atoms with Crippen LogP contribution in [0, 0.1) is 5.92 Å². The van der Waals surface area contributed by atoms with Gasteiger partial charge >= 0.3 is 0 Å². The maximum absolute atomic E-state index is 12.5. The van der Waals surface area contributed by atoms with Crippen molar-refractivity contribution in [3.63, 3.8) is 0 Å². The van der Waals surface area contributed by atoms with E-state index < -0.39 is 0 Å². The Labute approximate surface area is 120 Å². The van der Waals surface area contributed by atoms with Crippen molar-refractivity contribution in [1.29, 1.82) is 0 Å². The summed E-state index contributed by atoms with van der Waals surface area (Å²) in [5.41, 5.74) is 1.53. The molecule has 1 heterocycles. The highest BCUT2D eigenvalue weighted by atomic mass is 35.5. The van der Waals surface area contributed by atoms with E-state index in [9.17, 15) is 4.79 Å². The van der Waals surface area contributed by atoms with Crippen LogP contribution in [-0.4, -0.2) is 28.9 Å². The van der Waals surface area contributed by atoms with Gasteiger partial charge in [0, 0.05) is 24.3 Å². The van der Waals surface area contributed by atoms with Crippen LogP contribution in [0.25, 0.3) is 0 Å². The molecule has 1 aliphatic rings. The number of rotatable bonds is 5. The van der Waals surface area contributed by atoms with Crippen molar-refractivity contribution >= 4 is 17.5 Å². The van der Waals surface area contributed by atoms with Crippen molar-refractivity contribution in [2.45, 2.75) is 39.5 Å². The van der Waals surface area contributed by atoms with E-state index in [1.54, 1.807) is 6.07 Å². The second-order valence-corrected chi connectivity index (χ2v) is 5.93. The fraction of sp³-hybridized carbons (Fsp3) is 0.600. The number of pyridine rings is 1. The first-order valence-corrected chi connectivity index (χ1v) is 7.35. The zero-order chi connectivity index (χ0) is 14.0. The monoisotopic (exact) mass is 280 g/mol. The van der Waals surface area contributed by atoms with E-state index in [1.807, 2.05) is 17.9 Å². The molecule has 1 aromatic rings. The second-order valence-electron chi connectivity index (χ2n) is 5.55. The summed E-state index contributed by atoms with van der Waals surface area (Å²) in [4.78, 5) is 18.7. The smallest absolute Gasteiger partial charge is 0.254 e. The van der Waals surface area contributed by atoms with Gasteiger partial charge in [-0.1, -0.05) is 25.4 Å². The molecular formula is C15H21ClN2O. The average Bonchev–Trinajstić information content (AvgIpc) is 3.18. The van der Waals surface area contributed by atoms with Gasteiger partial charge in [-0.3, -0.25) is 4.79 Å². The molecule has 1 saturated carbocycles. The minimum absolute atomic E-state index is 0.0700. The third-order valence-corrected chi connectivity index (χ3v) is 3.69. The van der Waals surface area contributed by atoms with Crippen LogP contribution in [0.3, 0.4) is 0 Å². The standard InChI is InChI=1S/C15H21ClN2O/c1-4-18(9-11-5-6-11)15(19)12-7-13(10(2)3)17-14(16)8-12/h7-8,10-11H,4-6,9H2,1-3H3. The van der Waals surface area contributed by atoms with E-state index in [0.717, 1.165) is 18.8 Å². The molecule has 2 rings (SSSR count). The minimum Gasteiger partial charge on any atom is -0.339 e. The molecule has 0 aliphatic heterocycles. The molecule has 0 atom stereocenters. The summed E-state index contributed by atoms with van der Waals surface area (Å²) in [5, 5.41) is 0.400. The van der Waals surface area contributed by atoms with E-state index in [2.05, 4.69) is 18.8 Å². The molecule has 1 amide bonds. The Morgan fingerprint density at radius 1 is 1.47 bits per heavy atom. The highest BCUT2D eigenvalue weighted by Crippen LogP contribution is 2.30. The van der Waals surface area contributed by atoms with E-state index in [0.29, 0.717) is 16.6 Å². The van der Waals surface area contributed by atoms with Gasteiger partial charge in [0.25, 0.3) is 5.91 Å². The highest BCUT2D eigenvalue weighted by molar-refractivity contribution is 6.29. The number of hydrogen-bond donors (Lipinski definition) is 0. The normalized spacial score (nSPS) is 14.8. The second kappa shape index (κ2) is 5.91. The van der Waals surface area contributed by atoms with Crippen molar-refractivity contribution in [2.75, 3.05) is 13.1 Å². The Kier molecular flexibility index (Phi) is 4.46. The minimum atomic E-state index is 0.0700. The van der Waals surface area contributed by atoms with Gasteiger partial charge in [0.05, 0.1) is 0 Å². The molecule has 4 heteroatoms. The van der Waals surface area contributed by atoms with Gasteiger partial charge in [-0.2, -0.15) is 0 Å². The fourth-order valence-corrected chi connectivity index (χ4v) is 2.30. The number of aromatic nitrogens is 1. The van der Waals surface area contributed by atoms with Crippen LogP contribution >= 0.6 is 11.6 Å². The molecule has 0 bridgehead atoms. The van der Waals surface area contributed by atoms with E-state index in [-0.39, 0.29) is 11.8 Å². The summed E-state index contributed by atoms with van der Waals surface area (Å²) in [6.07, 6.45) is 2.50. The molecular weight excluding hydrogens is 260 g/mol. The van der Waals surface area contributed by atoms with Gasteiger partial charge in [0.2, 0.25) is 0 Å². The molecule has 1 aromatic heterocycles. The molecule has 1 fully saturated rings. The Hall–Kier alpha value is -1.09. The Bertz CT molecular complexity index is 469. The molecule has 3 nitrogen and oxygen atoms in total. The first-order valence-electron chi connectivity index (χ1n) is 6.98. The van der Waals surface area contributed by atoms with Gasteiger partial charge in [0.1, 0.15) is 5.15 Å². The average molecular weight is 281 g/mol. The highest BCUT2D eigenvalue weighted by Gasteiger charge is 2.26. The number of nitrogens with zero attached hydrogens (tertiary/aromatic N) is 2. The SMILES string of the molecule is CCN(CC1CC1)C(=O)c1cc(Cl)nc(C(C)C)c1. The van der Waals surface area contributed by atoms with Crippen LogP contribution in [0.1, 0.15) is 55.6 Å². The molecule has 0 radical (unpaired) electrons. The lowest BCUT2D eigenvalue weighted by atomic mass is 10.1. The predicted octanol–water partition coefficient (Wildman–Crippen LogP) is 3.73. The molecule has 0 unspecified atom stereocenters. The largest absolute Gasteiger partial charge is 0.339 e. The van der Waals surface area contributed by atoms with E-state index in [4.69, 9.17) is 11.6 Å². The zero-order valence-electron chi connectivity index (χ0n) is 11.8. The quantitative estimate of drug-likeness (QED) is 0.770. The maximum Gasteiger partial charge on any atom is 0.254 e. The summed E-state index contributed by atoms with van der Waals surface area (Å²) in [6, 6.07) is 3.54. The number of carbonyl (C=O) groups is 1. The summed E-state index contributed by atoms with van der Waals surface area (Å²) >= 11 is 6.02. The first kappa shape index (κ1) is 14.3. The van der Waals surface area contributed by atoms with Crippen LogP contribution < -0.4 is 0 Å². The number of carbonyl (C=O) groups excluding carboxylic acids is 1. The summed E-state index contributed by atoms with van der Waals surface area (Å²) < 4.78 is 0. The van der Waals surface area contributed by atoms with Crippen molar-refractivity contribution in [2.24, 2.45) is 5.92 Å². The molecule has 1 aliphatic carbocycles. The maximum atomic E-state index is 12.5. The summed E-state index contributed by atoms with van der Waals surface area (Å²) in [6.45, 7) is 7.73.